The Kier molecular flexibility index (Phi) is 7.63. The fourth-order valence-electron chi connectivity index (χ4n) is 3.64. The second-order valence-electron chi connectivity index (χ2n) is 6.83. The van der Waals surface area contributed by atoms with Gasteiger partial charge in [-0.05, 0) is 45.6 Å². The summed E-state index contributed by atoms with van der Waals surface area (Å²) in [5, 5.41) is 3.01. The van der Waals surface area contributed by atoms with Gasteiger partial charge in [-0.3, -0.25) is 9.59 Å². The lowest BCUT2D eigenvalue weighted by Crippen LogP contribution is -2.42. The molecule has 0 aromatic heterocycles. The van der Waals surface area contributed by atoms with E-state index >= 15 is 0 Å². The molecule has 3 atom stereocenters. The second kappa shape index (κ2) is 8.73. The summed E-state index contributed by atoms with van der Waals surface area (Å²) in [6.07, 6.45) is 5.67. The summed E-state index contributed by atoms with van der Waals surface area (Å²) in [7, 11) is 0. The number of carbonyl (C=O) groups excluding carboxylic acids is 2. The van der Waals surface area contributed by atoms with Crippen LogP contribution in [0.2, 0.25) is 0 Å². The molecule has 1 saturated carbocycles. The van der Waals surface area contributed by atoms with Gasteiger partial charge in [0.05, 0.1) is 0 Å². The summed E-state index contributed by atoms with van der Waals surface area (Å²) in [5.41, 5.74) is 5.70. The molecule has 6 heteroatoms. The van der Waals surface area contributed by atoms with Crippen LogP contribution in [-0.4, -0.2) is 41.9 Å². The SMILES string of the molecule is CC(CC(=O)N1CC(CN)CC1C)NC(=O)C1CCCC1.Cl. The fourth-order valence-corrected chi connectivity index (χ4v) is 3.64. The van der Waals surface area contributed by atoms with Crippen LogP contribution in [0.5, 0.6) is 0 Å². The van der Waals surface area contributed by atoms with Crippen LogP contribution < -0.4 is 11.1 Å². The van der Waals surface area contributed by atoms with Gasteiger partial charge >= 0.3 is 0 Å². The third-order valence-corrected chi connectivity index (χ3v) is 4.91. The van der Waals surface area contributed by atoms with Gasteiger partial charge in [-0.25, -0.2) is 0 Å². The zero-order valence-electron chi connectivity index (χ0n) is 13.7. The van der Waals surface area contributed by atoms with E-state index in [1.54, 1.807) is 0 Å². The first kappa shape index (κ1) is 19.2. The number of amides is 2. The normalized spacial score (nSPS) is 26.6. The van der Waals surface area contributed by atoms with E-state index in [0.29, 0.717) is 18.9 Å². The highest BCUT2D eigenvalue weighted by molar-refractivity contribution is 5.85. The Morgan fingerprint density at radius 3 is 2.50 bits per heavy atom. The van der Waals surface area contributed by atoms with E-state index in [1.807, 2.05) is 11.8 Å². The summed E-state index contributed by atoms with van der Waals surface area (Å²) in [5.74, 6) is 0.849. The van der Waals surface area contributed by atoms with E-state index in [4.69, 9.17) is 5.73 Å². The van der Waals surface area contributed by atoms with Crippen LogP contribution >= 0.6 is 12.4 Å². The topological polar surface area (TPSA) is 75.4 Å². The molecule has 2 rings (SSSR count). The number of nitrogens with two attached hydrogens (primary N) is 1. The molecule has 0 spiro atoms. The predicted octanol–water partition coefficient (Wildman–Crippen LogP) is 1.69. The van der Waals surface area contributed by atoms with Crippen LogP contribution in [0, 0.1) is 11.8 Å². The summed E-state index contributed by atoms with van der Waals surface area (Å²) in [6.45, 7) is 5.41. The van der Waals surface area contributed by atoms with Crippen LogP contribution in [0.1, 0.15) is 52.4 Å². The Labute approximate surface area is 139 Å². The van der Waals surface area contributed by atoms with Crippen molar-refractivity contribution in [2.75, 3.05) is 13.1 Å². The first-order valence-corrected chi connectivity index (χ1v) is 8.31. The molecule has 3 N–H and O–H groups in total. The molecule has 0 radical (unpaired) electrons. The van der Waals surface area contributed by atoms with Crippen molar-refractivity contribution in [3.05, 3.63) is 0 Å². The Morgan fingerprint density at radius 2 is 1.95 bits per heavy atom. The zero-order valence-corrected chi connectivity index (χ0v) is 14.5. The molecule has 2 fully saturated rings. The Morgan fingerprint density at radius 1 is 1.32 bits per heavy atom. The van der Waals surface area contributed by atoms with Gasteiger partial charge in [0.2, 0.25) is 11.8 Å². The first-order valence-electron chi connectivity index (χ1n) is 8.31. The Bertz CT molecular complexity index is 386. The molecular weight excluding hydrogens is 302 g/mol. The summed E-state index contributed by atoms with van der Waals surface area (Å²) in [4.78, 5) is 26.4. The number of hydrogen-bond donors (Lipinski definition) is 2. The van der Waals surface area contributed by atoms with Crippen molar-refractivity contribution in [3.8, 4) is 0 Å². The maximum Gasteiger partial charge on any atom is 0.224 e. The second-order valence-corrected chi connectivity index (χ2v) is 6.83. The third-order valence-electron chi connectivity index (χ3n) is 4.91. The van der Waals surface area contributed by atoms with E-state index in [-0.39, 0.29) is 42.2 Å². The summed E-state index contributed by atoms with van der Waals surface area (Å²) < 4.78 is 0. The summed E-state index contributed by atoms with van der Waals surface area (Å²) in [6, 6.07) is 0.179. The smallest absolute Gasteiger partial charge is 0.224 e. The Balaban J connectivity index is 0.00000242. The highest BCUT2D eigenvalue weighted by atomic mass is 35.5. The molecule has 2 amide bonds. The molecule has 5 nitrogen and oxygen atoms in total. The molecule has 22 heavy (non-hydrogen) atoms. The molecule has 1 saturated heterocycles. The minimum atomic E-state index is -0.0882. The van der Waals surface area contributed by atoms with Gasteiger partial charge in [-0.2, -0.15) is 0 Å². The van der Waals surface area contributed by atoms with Gasteiger partial charge in [-0.15, -0.1) is 12.4 Å². The van der Waals surface area contributed by atoms with Crippen LogP contribution in [-0.2, 0) is 9.59 Å². The van der Waals surface area contributed by atoms with Gasteiger partial charge in [0, 0.05) is 31.0 Å². The minimum Gasteiger partial charge on any atom is -0.353 e. The number of carbonyl (C=O) groups is 2. The molecule has 128 valence electrons. The average Bonchev–Trinajstić information content (AvgIpc) is 3.07. The predicted molar refractivity (Wildman–Crippen MR) is 89.8 cm³/mol. The molecule has 1 aliphatic carbocycles. The van der Waals surface area contributed by atoms with Gasteiger partial charge in [0.25, 0.3) is 0 Å². The molecule has 0 aromatic rings. The zero-order chi connectivity index (χ0) is 15.4. The van der Waals surface area contributed by atoms with Crippen molar-refractivity contribution >= 4 is 24.2 Å². The van der Waals surface area contributed by atoms with Crippen LogP contribution in [0.15, 0.2) is 0 Å². The van der Waals surface area contributed by atoms with Gasteiger partial charge in [0.15, 0.2) is 0 Å². The van der Waals surface area contributed by atoms with Crippen molar-refractivity contribution in [1.29, 1.82) is 0 Å². The summed E-state index contributed by atoms with van der Waals surface area (Å²) >= 11 is 0. The molecule has 1 heterocycles. The molecular formula is C16H30ClN3O2. The lowest BCUT2D eigenvalue weighted by Gasteiger charge is -2.24. The van der Waals surface area contributed by atoms with E-state index in [1.165, 1.54) is 0 Å². The average molecular weight is 332 g/mol. The first-order chi connectivity index (χ1) is 10.0. The largest absolute Gasteiger partial charge is 0.353 e. The van der Waals surface area contributed by atoms with Crippen LogP contribution in [0.4, 0.5) is 0 Å². The lowest BCUT2D eigenvalue weighted by molar-refractivity contribution is -0.132. The van der Waals surface area contributed by atoms with Gasteiger partial charge < -0.3 is 16.0 Å². The van der Waals surface area contributed by atoms with Gasteiger partial charge in [-0.1, -0.05) is 12.8 Å². The van der Waals surface area contributed by atoms with Crippen molar-refractivity contribution in [3.63, 3.8) is 0 Å². The van der Waals surface area contributed by atoms with Crippen molar-refractivity contribution in [2.45, 2.75) is 64.5 Å². The minimum absolute atomic E-state index is 0. The van der Waals surface area contributed by atoms with Crippen molar-refractivity contribution in [1.82, 2.24) is 10.2 Å². The van der Waals surface area contributed by atoms with Crippen molar-refractivity contribution < 1.29 is 9.59 Å². The highest BCUT2D eigenvalue weighted by Crippen LogP contribution is 2.25. The van der Waals surface area contributed by atoms with Gasteiger partial charge in [0.1, 0.15) is 0 Å². The molecule has 3 unspecified atom stereocenters. The van der Waals surface area contributed by atoms with Crippen LogP contribution in [0.25, 0.3) is 0 Å². The van der Waals surface area contributed by atoms with E-state index in [2.05, 4.69) is 12.2 Å². The number of nitrogens with zero attached hydrogens (tertiary/aromatic N) is 1. The number of nitrogens with one attached hydrogen (secondary N) is 1. The standard InChI is InChI=1S/C16H29N3O2.ClH/c1-11(18-16(21)14-5-3-4-6-14)7-15(20)19-10-13(9-17)8-12(19)2;/h11-14H,3-10,17H2,1-2H3,(H,18,21);1H. The van der Waals surface area contributed by atoms with E-state index in [0.717, 1.165) is 38.6 Å². The Hall–Kier alpha value is -0.810. The van der Waals surface area contributed by atoms with Crippen molar-refractivity contribution in [2.24, 2.45) is 17.6 Å². The number of hydrogen-bond acceptors (Lipinski definition) is 3. The molecule has 1 aliphatic heterocycles. The monoisotopic (exact) mass is 331 g/mol. The fraction of sp³-hybridized carbons (Fsp3) is 0.875. The lowest BCUT2D eigenvalue weighted by atomic mass is 10.1. The molecule has 0 bridgehead atoms. The molecule has 2 aliphatic rings. The quantitative estimate of drug-likeness (QED) is 0.805. The molecule has 0 aromatic carbocycles. The van der Waals surface area contributed by atoms with E-state index in [9.17, 15) is 9.59 Å². The van der Waals surface area contributed by atoms with E-state index < -0.39 is 0 Å². The van der Waals surface area contributed by atoms with Crippen LogP contribution in [0.3, 0.4) is 0 Å². The number of likely N-dealkylation sites (tertiary alicyclic amines) is 1. The number of rotatable bonds is 5. The maximum atomic E-state index is 12.4. The highest BCUT2D eigenvalue weighted by Gasteiger charge is 2.32. The maximum absolute atomic E-state index is 12.4. The number of halogens is 1. The third kappa shape index (κ3) is 4.85.